The van der Waals surface area contributed by atoms with Crippen LogP contribution in [0.5, 0.6) is 11.5 Å². The van der Waals surface area contributed by atoms with Crippen LogP contribution in [0.2, 0.25) is 0 Å². The number of hydrogen-bond donors (Lipinski definition) is 1. The second-order valence-electron chi connectivity index (χ2n) is 5.37. The second-order valence-corrected chi connectivity index (χ2v) is 5.37. The van der Waals surface area contributed by atoms with E-state index in [4.69, 9.17) is 14.2 Å². The SMILES string of the molecule is CCOc1c(CNCCCN2CCOCC2)cccc1OC.Cl.Cl. The third kappa shape index (κ3) is 7.45. The molecule has 0 aromatic heterocycles. The molecule has 0 unspecified atom stereocenters. The van der Waals surface area contributed by atoms with E-state index < -0.39 is 0 Å². The lowest BCUT2D eigenvalue weighted by molar-refractivity contribution is 0.0374. The molecular formula is C17H30Cl2N2O3. The standard InChI is InChI=1S/C17H28N2O3.2ClH/c1-3-22-17-15(6-4-7-16(17)20-2)14-18-8-5-9-19-10-12-21-13-11-19;;/h4,6-7,18H,3,5,8-14H2,1-2H3;2*1H. The third-order valence-corrected chi connectivity index (χ3v) is 3.82. The molecule has 1 aromatic carbocycles. The van der Waals surface area contributed by atoms with Crippen LogP contribution in [0.4, 0.5) is 0 Å². The molecule has 1 aromatic rings. The number of morpholine rings is 1. The number of nitrogens with one attached hydrogen (secondary N) is 1. The average Bonchev–Trinajstić information content (AvgIpc) is 2.57. The van der Waals surface area contributed by atoms with Gasteiger partial charge in [0.1, 0.15) is 0 Å². The van der Waals surface area contributed by atoms with Crippen LogP contribution >= 0.6 is 24.8 Å². The lowest BCUT2D eigenvalue weighted by Crippen LogP contribution is -2.37. The number of methoxy groups -OCH3 is 1. The van der Waals surface area contributed by atoms with Crippen molar-refractivity contribution in [3.05, 3.63) is 23.8 Å². The van der Waals surface area contributed by atoms with Crippen molar-refractivity contribution in [2.24, 2.45) is 0 Å². The Hall–Kier alpha value is -0.720. The fraction of sp³-hybridized carbons (Fsp3) is 0.647. The van der Waals surface area contributed by atoms with E-state index in [0.29, 0.717) is 6.61 Å². The first kappa shape index (κ1) is 23.3. The van der Waals surface area contributed by atoms with Crippen LogP contribution < -0.4 is 14.8 Å². The molecule has 1 aliphatic heterocycles. The Kier molecular flexibility index (Phi) is 13.2. The summed E-state index contributed by atoms with van der Waals surface area (Å²) in [6, 6.07) is 6.03. The van der Waals surface area contributed by atoms with Crippen LogP contribution in [-0.2, 0) is 11.3 Å². The van der Waals surface area contributed by atoms with E-state index in [-0.39, 0.29) is 24.8 Å². The molecule has 1 saturated heterocycles. The number of rotatable bonds is 9. The molecule has 24 heavy (non-hydrogen) atoms. The van der Waals surface area contributed by atoms with E-state index in [1.165, 1.54) is 0 Å². The Morgan fingerprint density at radius 1 is 1.21 bits per heavy atom. The predicted octanol–water partition coefficient (Wildman–Crippen LogP) is 2.75. The Morgan fingerprint density at radius 3 is 2.62 bits per heavy atom. The van der Waals surface area contributed by atoms with Crippen molar-refractivity contribution in [2.45, 2.75) is 19.9 Å². The van der Waals surface area contributed by atoms with Gasteiger partial charge >= 0.3 is 0 Å². The molecule has 140 valence electrons. The molecule has 0 bridgehead atoms. The molecule has 0 radical (unpaired) electrons. The van der Waals surface area contributed by atoms with Gasteiger partial charge in [-0.1, -0.05) is 12.1 Å². The van der Waals surface area contributed by atoms with Gasteiger partial charge in [-0.15, -0.1) is 24.8 Å². The fourth-order valence-electron chi connectivity index (χ4n) is 2.64. The highest BCUT2D eigenvalue weighted by molar-refractivity contribution is 5.85. The van der Waals surface area contributed by atoms with Crippen molar-refractivity contribution in [3.63, 3.8) is 0 Å². The van der Waals surface area contributed by atoms with Gasteiger partial charge in [0.2, 0.25) is 0 Å². The van der Waals surface area contributed by atoms with E-state index >= 15 is 0 Å². The maximum atomic E-state index is 5.72. The molecule has 0 saturated carbocycles. The Morgan fingerprint density at radius 2 is 1.96 bits per heavy atom. The highest BCUT2D eigenvalue weighted by Gasteiger charge is 2.11. The quantitative estimate of drug-likeness (QED) is 0.667. The molecular weight excluding hydrogens is 351 g/mol. The number of ether oxygens (including phenoxy) is 3. The molecule has 7 heteroatoms. The Bertz CT molecular complexity index is 444. The topological polar surface area (TPSA) is 43.0 Å². The fourth-order valence-corrected chi connectivity index (χ4v) is 2.64. The summed E-state index contributed by atoms with van der Waals surface area (Å²) in [6.07, 6.45) is 1.15. The largest absolute Gasteiger partial charge is 0.493 e. The zero-order chi connectivity index (χ0) is 15.6. The van der Waals surface area contributed by atoms with Gasteiger partial charge in [0.15, 0.2) is 11.5 Å². The average molecular weight is 381 g/mol. The highest BCUT2D eigenvalue weighted by Crippen LogP contribution is 2.30. The number of benzene rings is 1. The van der Waals surface area contributed by atoms with Crippen molar-refractivity contribution in [1.82, 2.24) is 10.2 Å². The highest BCUT2D eigenvalue weighted by atomic mass is 35.5. The molecule has 0 amide bonds. The first-order valence-corrected chi connectivity index (χ1v) is 8.14. The zero-order valence-electron chi connectivity index (χ0n) is 14.6. The summed E-state index contributed by atoms with van der Waals surface area (Å²) in [4.78, 5) is 2.46. The molecule has 1 N–H and O–H groups in total. The first-order valence-electron chi connectivity index (χ1n) is 8.14. The third-order valence-electron chi connectivity index (χ3n) is 3.82. The number of para-hydroxylation sites is 1. The van der Waals surface area contributed by atoms with Crippen LogP contribution in [0.1, 0.15) is 18.9 Å². The second kappa shape index (κ2) is 13.6. The van der Waals surface area contributed by atoms with Crippen LogP contribution in [0.15, 0.2) is 18.2 Å². The minimum Gasteiger partial charge on any atom is -0.493 e. The predicted molar refractivity (Wildman–Crippen MR) is 102 cm³/mol. The van der Waals surface area contributed by atoms with Gasteiger partial charge in [-0.25, -0.2) is 0 Å². The number of nitrogens with zero attached hydrogens (tertiary/aromatic N) is 1. The maximum absolute atomic E-state index is 5.72. The Balaban J connectivity index is 0.00000264. The Labute approximate surface area is 157 Å². The van der Waals surface area contributed by atoms with Crippen molar-refractivity contribution < 1.29 is 14.2 Å². The zero-order valence-corrected chi connectivity index (χ0v) is 16.2. The smallest absolute Gasteiger partial charge is 0.165 e. The molecule has 0 aliphatic carbocycles. The number of hydrogen-bond acceptors (Lipinski definition) is 5. The molecule has 1 aliphatic rings. The number of halogens is 2. The van der Waals surface area contributed by atoms with Crippen molar-refractivity contribution >= 4 is 24.8 Å². The summed E-state index contributed by atoms with van der Waals surface area (Å²) in [6.45, 7) is 9.43. The monoisotopic (exact) mass is 380 g/mol. The van der Waals surface area contributed by atoms with Crippen LogP contribution in [0.25, 0.3) is 0 Å². The summed E-state index contributed by atoms with van der Waals surface area (Å²) in [5.41, 5.74) is 1.15. The summed E-state index contributed by atoms with van der Waals surface area (Å²) >= 11 is 0. The summed E-state index contributed by atoms with van der Waals surface area (Å²) < 4.78 is 16.5. The van der Waals surface area contributed by atoms with Crippen molar-refractivity contribution in [1.29, 1.82) is 0 Å². The van der Waals surface area contributed by atoms with Crippen LogP contribution in [-0.4, -0.2) is 58.0 Å². The minimum absolute atomic E-state index is 0. The van der Waals surface area contributed by atoms with E-state index in [1.807, 2.05) is 19.1 Å². The van der Waals surface area contributed by atoms with Crippen LogP contribution in [0.3, 0.4) is 0 Å². The molecule has 2 rings (SSSR count). The van der Waals surface area contributed by atoms with Gasteiger partial charge in [-0.2, -0.15) is 0 Å². The van der Waals surface area contributed by atoms with Gasteiger partial charge in [0.05, 0.1) is 26.9 Å². The lowest BCUT2D eigenvalue weighted by atomic mass is 10.2. The maximum Gasteiger partial charge on any atom is 0.165 e. The van der Waals surface area contributed by atoms with Crippen LogP contribution in [0, 0.1) is 0 Å². The summed E-state index contributed by atoms with van der Waals surface area (Å²) in [5.74, 6) is 1.66. The van der Waals surface area contributed by atoms with Gasteiger partial charge in [0.25, 0.3) is 0 Å². The first-order chi connectivity index (χ1) is 10.8. The van der Waals surface area contributed by atoms with E-state index in [0.717, 1.165) is 69.4 Å². The minimum atomic E-state index is 0. The normalized spacial score (nSPS) is 14.4. The molecule has 5 nitrogen and oxygen atoms in total. The van der Waals surface area contributed by atoms with Gasteiger partial charge < -0.3 is 19.5 Å². The van der Waals surface area contributed by atoms with E-state index in [2.05, 4.69) is 16.3 Å². The van der Waals surface area contributed by atoms with Crippen molar-refractivity contribution in [2.75, 3.05) is 53.1 Å². The lowest BCUT2D eigenvalue weighted by Gasteiger charge is -2.26. The molecule has 1 heterocycles. The summed E-state index contributed by atoms with van der Waals surface area (Å²) in [5, 5.41) is 3.50. The van der Waals surface area contributed by atoms with E-state index in [1.54, 1.807) is 7.11 Å². The summed E-state index contributed by atoms with van der Waals surface area (Å²) in [7, 11) is 1.68. The van der Waals surface area contributed by atoms with Gasteiger partial charge in [-0.05, 0) is 32.5 Å². The van der Waals surface area contributed by atoms with E-state index in [9.17, 15) is 0 Å². The van der Waals surface area contributed by atoms with Gasteiger partial charge in [-0.3, -0.25) is 4.90 Å². The van der Waals surface area contributed by atoms with Crippen molar-refractivity contribution in [3.8, 4) is 11.5 Å². The molecule has 1 fully saturated rings. The van der Waals surface area contributed by atoms with Gasteiger partial charge in [0, 0.05) is 25.2 Å². The molecule has 0 spiro atoms. The molecule has 0 atom stereocenters.